The van der Waals surface area contributed by atoms with Crippen LogP contribution in [0.15, 0.2) is 65.6 Å². The molecule has 4 atom stereocenters. The Hall–Kier alpha value is -1.37. The predicted octanol–water partition coefficient (Wildman–Crippen LogP) is 4.24. The summed E-state index contributed by atoms with van der Waals surface area (Å²) in [6.07, 6.45) is 1.91. The standard InChI is InChI=1S/C21H24O4S/c1-3-7-16(8-4-1)13-23-19-12-11-18-20(14-22-15-24-18)25-21(19)26-17-9-5-2-6-10-17/h1-10,18-21H,11-15H2/t18-,19-,20+,21-/m0/s1. The van der Waals surface area contributed by atoms with E-state index in [2.05, 4.69) is 36.4 Å². The molecule has 0 spiro atoms. The van der Waals surface area contributed by atoms with Gasteiger partial charge >= 0.3 is 0 Å². The van der Waals surface area contributed by atoms with Gasteiger partial charge in [-0.3, -0.25) is 0 Å². The normalized spacial score (nSPS) is 28.9. The van der Waals surface area contributed by atoms with Gasteiger partial charge in [-0.05, 0) is 30.5 Å². The van der Waals surface area contributed by atoms with E-state index in [0.29, 0.717) is 20.0 Å². The van der Waals surface area contributed by atoms with E-state index in [0.717, 1.165) is 12.8 Å². The molecule has 4 nitrogen and oxygen atoms in total. The van der Waals surface area contributed by atoms with E-state index in [9.17, 15) is 0 Å². The Morgan fingerprint density at radius 2 is 1.69 bits per heavy atom. The van der Waals surface area contributed by atoms with Gasteiger partial charge in [-0.15, -0.1) is 0 Å². The van der Waals surface area contributed by atoms with E-state index in [4.69, 9.17) is 18.9 Å². The zero-order valence-corrected chi connectivity index (χ0v) is 15.5. The van der Waals surface area contributed by atoms with Crippen LogP contribution in [0.3, 0.4) is 0 Å². The molecule has 0 aliphatic carbocycles. The molecule has 138 valence electrons. The topological polar surface area (TPSA) is 36.9 Å². The largest absolute Gasteiger partial charge is 0.370 e. The van der Waals surface area contributed by atoms with Gasteiger partial charge < -0.3 is 18.9 Å². The molecule has 0 amide bonds. The molecule has 4 rings (SSSR count). The summed E-state index contributed by atoms with van der Waals surface area (Å²) in [5.74, 6) is 0. The summed E-state index contributed by atoms with van der Waals surface area (Å²) in [5, 5.41) is 0. The molecule has 2 heterocycles. The summed E-state index contributed by atoms with van der Waals surface area (Å²) in [6, 6.07) is 20.6. The van der Waals surface area contributed by atoms with E-state index in [1.165, 1.54) is 10.5 Å². The van der Waals surface area contributed by atoms with Crippen molar-refractivity contribution in [3.05, 3.63) is 66.2 Å². The van der Waals surface area contributed by atoms with E-state index in [1.807, 2.05) is 24.3 Å². The summed E-state index contributed by atoms with van der Waals surface area (Å²) < 4.78 is 23.9. The fourth-order valence-corrected chi connectivity index (χ4v) is 4.46. The number of hydrogen-bond donors (Lipinski definition) is 0. The lowest BCUT2D eigenvalue weighted by molar-refractivity contribution is -0.209. The molecule has 0 aromatic heterocycles. The van der Waals surface area contributed by atoms with E-state index >= 15 is 0 Å². The molecule has 26 heavy (non-hydrogen) atoms. The molecule has 0 N–H and O–H groups in total. The summed E-state index contributed by atoms with van der Waals surface area (Å²) >= 11 is 1.72. The van der Waals surface area contributed by atoms with Gasteiger partial charge in [0.05, 0.1) is 25.4 Å². The van der Waals surface area contributed by atoms with Crippen LogP contribution < -0.4 is 0 Å². The number of benzene rings is 2. The predicted molar refractivity (Wildman–Crippen MR) is 101 cm³/mol. The maximum atomic E-state index is 6.41. The van der Waals surface area contributed by atoms with E-state index in [1.54, 1.807) is 11.8 Å². The van der Waals surface area contributed by atoms with E-state index < -0.39 is 0 Å². The van der Waals surface area contributed by atoms with E-state index in [-0.39, 0.29) is 23.7 Å². The highest BCUT2D eigenvalue weighted by Crippen LogP contribution is 2.35. The molecule has 2 aliphatic rings. The SMILES string of the molecule is c1ccc(CO[C@H]2CC[C@@H]3OCOC[C@H]3O[C@H]2Sc2ccccc2)cc1. The number of rotatable bonds is 5. The van der Waals surface area contributed by atoms with Crippen LogP contribution in [0, 0.1) is 0 Å². The molecule has 0 saturated carbocycles. The maximum absolute atomic E-state index is 6.41. The van der Waals surface area contributed by atoms with Crippen molar-refractivity contribution in [1.82, 2.24) is 0 Å². The Balaban J connectivity index is 1.47. The molecule has 2 aromatic carbocycles. The van der Waals surface area contributed by atoms with Gasteiger partial charge in [-0.25, -0.2) is 0 Å². The van der Waals surface area contributed by atoms with Gasteiger partial charge in [-0.1, -0.05) is 60.3 Å². The molecule has 0 radical (unpaired) electrons. The lowest BCUT2D eigenvalue weighted by Gasteiger charge is -2.32. The molecule has 2 fully saturated rings. The third kappa shape index (κ3) is 4.67. The summed E-state index contributed by atoms with van der Waals surface area (Å²) in [4.78, 5) is 1.18. The number of fused-ring (bicyclic) bond motifs is 1. The fourth-order valence-electron chi connectivity index (χ4n) is 3.31. The van der Waals surface area contributed by atoms with Gasteiger partial charge in [-0.2, -0.15) is 0 Å². The summed E-state index contributed by atoms with van der Waals surface area (Å²) in [5.41, 5.74) is 1.10. The highest BCUT2D eigenvalue weighted by molar-refractivity contribution is 7.99. The van der Waals surface area contributed by atoms with Crippen LogP contribution in [0.1, 0.15) is 18.4 Å². The van der Waals surface area contributed by atoms with Crippen molar-refractivity contribution in [2.24, 2.45) is 0 Å². The average Bonchev–Trinajstić information content (AvgIpc) is 2.87. The minimum atomic E-state index is -0.0820. The zero-order valence-electron chi connectivity index (χ0n) is 14.7. The van der Waals surface area contributed by atoms with Crippen molar-refractivity contribution in [3.8, 4) is 0 Å². The lowest BCUT2D eigenvalue weighted by Crippen LogP contribution is -2.41. The Morgan fingerprint density at radius 1 is 0.923 bits per heavy atom. The maximum Gasteiger partial charge on any atom is 0.147 e. The second kappa shape index (κ2) is 9.02. The average molecular weight is 372 g/mol. The monoisotopic (exact) mass is 372 g/mol. The Bertz CT molecular complexity index is 666. The quantitative estimate of drug-likeness (QED) is 0.785. The number of hydrogen-bond acceptors (Lipinski definition) is 5. The Morgan fingerprint density at radius 3 is 2.50 bits per heavy atom. The third-order valence-corrected chi connectivity index (χ3v) is 5.90. The Kier molecular flexibility index (Phi) is 6.25. The molecular formula is C21H24O4S. The minimum absolute atomic E-state index is 0.00890. The minimum Gasteiger partial charge on any atom is -0.370 e. The molecule has 0 bridgehead atoms. The second-order valence-corrected chi connectivity index (χ2v) is 7.75. The van der Waals surface area contributed by atoms with Crippen molar-refractivity contribution >= 4 is 11.8 Å². The molecule has 2 aromatic rings. The fraction of sp³-hybridized carbons (Fsp3) is 0.429. The van der Waals surface area contributed by atoms with Crippen LogP contribution in [0.4, 0.5) is 0 Å². The zero-order chi connectivity index (χ0) is 17.6. The first-order valence-electron chi connectivity index (χ1n) is 9.10. The van der Waals surface area contributed by atoms with Crippen LogP contribution in [-0.4, -0.2) is 37.1 Å². The van der Waals surface area contributed by atoms with Crippen LogP contribution >= 0.6 is 11.8 Å². The molecule has 0 unspecified atom stereocenters. The third-order valence-electron chi connectivity index (χ3n) is 4.71. The molecule has 5 heteroatoms. The molecule has 2 aliphatic heterocycles. The van der Waals surface area contributed by atoms with Crippen molar-refractivity contribution in [1.29, 1.82) is 0 Å². The van der Waals surface area contributed by atoms with Gasteiger partial charge in [0.2, 0.25) is 0 Å². The summed E-state index contributed by atoms with van der Waals surface area (Å²) in [6.45, 7) is 1.53. The molecule has 2 saturated heterocycles. The first kappa shape index (κ1) is 18.0. The highest BCUT2D eigenvalue weighted by Gasteiger charge is 2.38. The smallest absolute Gasteiger partial charge is 0.147 e. The first-order chi connectivity index (χ1) is 12.9. The first-order valence-corrected chi connectivity index (χ1v) is 9.98. The van der Waals surface area contributed by atoms with Crippen molar-refractivity contribution < 1.29 is 18.9 Å². The summed E-state index contributed by atoms with van der Waals surface area (Å²) in [7, 11) is 0. The number of ether oxygens (including phenoxy) is 4. The lowest BCUT2D eigenvalue weighted by atomic mass is 10.1. The van der Waals surface area contributed by atoms with Gasteiger partial charge in [0, 0.05) is 4.90 Å². The second-order valence-electron chi connectivity index (χ2n) is 6.58. The Labute approximate surface area is 158 Å². The highest BCUT2D eigenvalue weighted by atomic mass is 32.2. The number of thioether (sulfide) groups is 1. The van der Waals surface area contributed by atoms with Crippen LogP contribution in [0.2, 0.25) is 0 Å². The van der Waals surface area contributed by atoms with Gasteiger partial charge in [0.15, 0.2) is 0 Å². The van der Waals surface area contributed by atoms with Gasteiger partial charge in [0.1, 0.15) is 18.3 Å². The van der Waals surface area contributed by atoms with Crippen LogP contribution in [-0.2, 0) is 25.6 Å². The van der Waals surface area contributed by atoms with Crippen LogP contribution in [0.25, 0.3) is 0 Å². The van der Waals surface area contributed by atoms with Crippen LogP contribution in [0.5, 0.6) is 0 Å². The van der Waals surface area contributed by atoms with Gasteiger partial charge in [0.25, 0.3) is 0 Å². The van der Waals surface area contributed by atoms with Crippen molar-refractivity contribution in [2.45, 2.75) is 48.1 Å². The molecular weight excluding hydrogens is 348 g/mol. The van der Waals surface area contributed by atoms with Crippen molar-refractivity contribution in [3.63, 3.8) is 0 Å². The van der Waals surface area contributed by atoms with Crippen molar-refractivity contribution in [2.75, 3.05) is 13.4 Å².